The maximum atomic E-state index is 12.8. The highest BCUT2D eigenvalue weighted by molar-refractivity contribution is 5.86. The van der Waals surface area contributed by atoms with Crippen LogP contribution in [0.15, 0.2) is 47.4 Å². The van der Waals surface area contributed by atoms with Gasteiger partial charge in [0.05, 0.1) is 24.9 Å². The average molecular weight is 447 g/mol. The molecule has 1 aromatic carbocycles. The molecule has 170 valence electrons. The van der Waals surface area contributed by atoms with E-state index < -0.39 is 0 Å². The van der Waals surface area contributed by atoms with Gasteiger partial charge in [0.25, 0.3) is 0 Å². The first-order chi connectivity index (χ1) is 16.1. The van der Waals surface area contributed by atoms with Crippen LogP contribution >= 0.6 is 0 Å². The van der Waals surface area contributed by atoms with E-state index in [4.69, 9.17) is 9.15 Å². The molecule has 4 heterocycles. The molecule has 1 aliphatic rings. The van der Waals surface area contributed by atoms with Crippen molar-refractivity contribution in [2.75, 3.05) is 38.2 Å². The summed E-state index contributed by atoms with van der Waals surface area (Å²) in [5.74, 6) is 3.00. The Morgan fingerprint density at radius 2 is 1.85 bits per heavy atom. The van der Waals surface area contributed by atoms with Crippen molar-refractivity contribution in [2.24, 2.45) is 7.05 Å². The Hall–Kier alpha value is -3.95. The SMILES string of the molecule is COc1ccc(-c2cnc(CCC(=O)N3CCN(c4ncnc5c4cnn5C)CC3)o2)cc1. The molecule has 1 saturated heterocycles. The van der Waals surface area contributed by atoms with E-state index in [0.29, 0.717) is 50.7 Å². The number of aromatic nitrogens is 5. The molecule has 4 aromatic rings. The number of rotatable bonds is 6. The van der Waals surface area contributed by atoms with Crippen molar-refractivity contribution < 1.29 is 13.9 Å². The summed E-state index contributed by atoms with van der Waals surface area (Å²) in [6.45, 7) is 2.72. The predicted molar refractivity (Wildman–Crippen MR) is 122 cm³/mol. The molecule has 0 radical (unpaired) electrons. The first kappa shape index (κ1) is 20.9. The molecular formula is C23H25N7O3. The van der Waals surface area contributed by atoms with Gasteiger partial charge < -0.3 is 19.0 Å². The summed E-state index contributed by atoms with van der Waals surface area (Å²) in [5, 5.41) is 5.21. The zero-order valence-corrected chi connectivity index (χ0v) is 18.6. The summed E-state index contributed by atoms with van der Waals surface area (Å²) in [6, 6.07) is 7.60. The monoisotopic (exact) mass is 447 g/mol. The molecule has 1 aliphatic heterocycles. The van der Waals surface area contributed by atoms with Crippen molar-refractivity contribution in [3.05, 3.63) is 48.9 Å². The number of oxazole rings is 1. The van der Waals surface area contributed by atoms with E-state index in [1.54, 1.807) is 30.5 Å². The number of aryl methyl sites for hydroxylation is 2. The molecule has 0 bridgehead atoms. The number of anilines is 1. The molecular weight excluding hydrogens is 422 g/mol. The lowest BCUT2D eigenvalue weighted by atomic mass is 10.2. The lowest BCUT2D eigenvalue weighted by molar-refractivity contribution is -0.131. The van der Waals surface area contributed by atoms with E-state index in [9.17, 15) is 4.79 Å². The van der Waals surface area contributed by atoms with Crippen molar-refractivity contribution >= 4 is 22.8 Å². The van der Waals surface area contributed by atoms with Crippen molar-refractivity contribution in [1.29, 1.82) is 0 Å². The van der Waals surface area contributed by atoms with Gasteiger partial charge in [-0.25, -0.2) is 15.0 Å². The molecule has 0 aliphatic carbocycles. The van der Waals surface area contributed by atoms with Crippen molar-refractivity contribution in [3.63, 3.8) is 0 Å². The van der Waals surface area contributed by atoms with Gasteiger partial charge in [0, 0.05) is 51.6 Å². The summed E-state index contributed by atoms with van der Waals surface area (Å²) in [7, 11) is 3.50. The third kappa shape index (κ3) is 4.23. The minimum Gasteiger partial charge on any atom is -0.497 e. The Kier molecular flexibility index (Phi) is 5.64. The van der Waals surface area contributed by atoms with Gasteiger partial charge in [0.15, 0.2) is 17.3 Å². The lowest BCUT2D eigenvalue weighted by Gasteiger charge is -2.35. The van der Waals surface area contributed by atoms with Crippen LogP contribution in [0.4, 0.5) is 5.82 Å². The Bertz CT molecular complexity index is 1260. The van der Waals surface area contributed by atoms with Gasteiger partial charge in [0.2, 0.25) is 5.91 Å². The van der Waals surface area contributed by atoms with Crippen LogP contribution in [0.1, 0.15) is 12.3 Å². The average Bonchev–Trinajstić information content (AvgIpc) is 3.50. The number of benzene rings is 1. The number of carbonyl (C=O) groups is 1. The van der Waals surface area contributed by atoms with Gasteiger partial charge in [0.1, 0.15) is 17.9 Å². The second-order valence-electron chi connectivity index (χ2n) is 7.92. The van der Waals surface area contributed by atoms with Crippen LogP contribution in [0.2, 0.25) is 0 Å². The number of ether oxygens (including phenoxy) is 1. The largest absolute Gasteiger partial charge is 0.497 e. The van der Waals surface area contributed by atoms with Crippen molar-refractivity contribution in [2.45, 2.75) is 12.8 Å². The third-order valence-corrected chi connectivity index (χ3v) is 5.92. The van der Waals surface area contributed by atoms with Gasteiger partial charge in [-0.3, -0.25) is 9.48 Å². The number of hydrogen-bond acceptors (Lipinski definition) is 8. The zero-order valence-electron chi connectivity index (χ0n) is 18.6. The number of nitrogens with zero attached hydrogens (tertiary/aromatic N) is 7. The van der Waals surface area contributed by atoms with E-state index in [1.807, 2.05) is 36.2 Å². The first-order valence-corrected chi connectivity index (χ1v) is 10.9. The van der Waals surface area contributed by atoms with E-state index in [0.717, 1.165) is 28.2 Å². The molecule has 33 heavy (non-hydrogen) atoms. The number of piperazine rings is 1. The van der Waals surface area contributed by atoms with Crippen LogP contribution in [-0.2, 0) is 18.3 Å². The molecule has 10 nitrogen and oxygen atoms in total. The maximum absolute atomic E-state index is 12.8. The zero-order chi connectivity index (χ0) is 22.8. The Balaban J connectivity index is 1.15. The molecule has 0 saturated carbocycles. The first-order valence-electron chi connectivity index (χ1n) is 10.9. The minimum absolute atomic E-state index is 0.105. The van der Waals surface area contributed by atoms with Crippen LogP contribution in [0.5, 0.6) is 5.75 Å². The van der Waals surface area contributed by atoms with Crippen LogP contribution < -0.4 is 9.64 Å². The van der Waals surface area contributed by atoms with Gasteiger partial charge in [-0.2, -0.15) is 5.10 Å². The van der Waals surface area contributed by atoms with E-state index in [2.05, 4.69) is 25.0 Å². The molecule has 0 unspecified atom stereocenters. The fraction of sp³-hybridized carbons (Fsp3) is 0.348. The van der Waals surface area contributed by atoms with E-state index in [-0.39, 0.29) is 5.91 Å². The van der Waals surface area contributed by atoms with Gasteiger partial charge in [-0.05, 0) is 24.3 Å². The molecule has 3 aromatic heterocycles. The number of hydrogen-bond donors (Lipinski definition) is 0. The Labute approximate surface area is 190 Å². The molecule has 10 heteroatoms. The second-order valence-corrected chi connectivity index (χ2v) is 7.92. The summed E-state index contributed by atoms with van der Waals surface area (Å²) < 4.78 is 12.8. The van der Waals surface area contributed by atoms with Gasteiger partial charge >= 0.3 is 0 Å². The van der Waals surface area contributed by atoms with Crippen LogP contribution in [0, 0.1) is 0 Å². The minimum atomic E-state index is 0.105. The fourth-order valence-corrected chi connectivity index (χ4v) is 4.06. The number of carbonyl (C=O) groups excluding carboxylic acids is 1. The smallest absolute Gasteiger partial charge is 0.223 e. The number of fused-ring (bicyclic) bond motifs is 1. The molecule has 0 N–H and O–H groups in total. The van der Waals surface area contributed by atoms with E-state index in [1.165, 1.54) is 0 Å². The maximum Gasteiger partial charge on any atom is 0.223 e. The molecule has 0 spiro atoms. The van der Waals surface area contributed by atoms with Crippen LogP contribution in [0.25, 0.3) is 22.4 Å². The number of amides is 1. The van der Waals surface area contributed by atoms with Crippen molar-refractivity contribution in [3.8, 4) is 17.1 Å². The van der Waals surface area contributed by atoms with Crippen LogP contribution in [0.3, 0.4) is 0 Å². The molecule has 5 rings (SSSR count). The molecule has 0 atom stereocenters. The normalized spacial score (nSPS) is 14.1. The molecule has 1 fully saturated rings. The topological polar surface area (TPSA) is 102 Å². The van der Waals surface area contributed by atoms with E-state index >= 15 is 0 Å². The quantitative estimate of drug-likeness (QED) is 0.444. The highest BCUT2D eigenvalue weighted by Gasteiger charge is 2.24. The fourth-order valence-electron chi connectivity index (χ4n) is 4.06. The summed E-state index contributed by atoms with van der Waals surface area (Å²) in [5.41, 5.74) is 1.72. The standard InChI is InChI=1S/C23H25N7O3/c1-28-22-18(13-27-28)23(26-15-25-22)30-11-9-29(10-12-30)21(31)8-7-20-24-14-19(33-20)16-3-5-17(32-2)6-4-16/h3-6,13-15H,7-12H2,1-2H3. The third-order valence-electron chi connectivity index (χ3n) is 5.92. The van der Waals surface area contributed by atoms with Crippen molar-refractivity contribution in [1.82, 2.24) is 29.6 Å². The Morgan fingerprint density at radius 1 is 1.06 bits per heavy atom. The lowest BCUT2D eigenvalue weighted by Crippen LogP contribution is -2.49. The highest BCUT2D eigenvalue weighted by Crippen LogP contribution is 2.25. The Morgan fingerprint density at radius 3 is 2.61 bits per heavy atom. The summed E-state index contributed by atoms with van der Waals surface area (Å²) >= 11 is 0. The van der Waals surface area contributed by atoms with Gasteiger partial charge in [-0.15, -0.1) is 0 Å². The highest BCUT2D eigenvalue weighted by atomic mass is 16.5. The summed E-state index contributed by atoms with van der Waals surface area (Å²) in [4.78, 5) is 29.9. The van der Waals surface area contributed by atoms with Gasteiger partial charge in [-0.1, -0.05) is 0 Å². The second kappa shape index (κ2) is 8.89. The summed E-state index contributed by atoms with van der Waals surface area (Å²) in [6.07, 6.45) is 5.88. The number of methoxy groups -OCH3 is 1. The predicted octanol–water partition coefficient (Wildman–Crippen LogP) is 2.31. The molecule has 1 amide bonds. The van der Waals surface area contributed by atoms with Crippen LogP contribution in [-0.4, -0.2) is 68.8 Å².